The number of piperidine rings is 1. The fourth-order valence-electron chi connectivity index (χ4n) is 2.90. The SMILES string of the molecule is CCC(C)N(C)C(=O)C1CCCN(S(=O)(=O)c2ccc(Cl)cc2)C1. The summed E-state index contributed by atoms with van der Waals surface area (Å²) in [6.45, 7) is 4.72. The third kappa shape index (κ3) is 4.10. The van der Waals surface area contributed by atoms with Crippen LogP contribution in [0.15, 0.2) is 29.2 Å². The maximum atomic E-state index is 12.8. The first kappa shape index (κ1) is 19.2. The van der Waals surface area contributed by atoms with Gasteiger partial charge in [-0.1, -0.05) is 18.5 Å². The minimum Gasteiger partial charge on any atom is -0.343 e. The van der Waals surface area contributed by atoms with E-state index >= 15 is 0 Å². The minimum absolute atomic E-state index is 0.0281. The van der Waals surface area contributed by atoms with Gasteiger partial charge in [0.15, 0.2) is 0 Å². The van der Waals surface area contributed by atoms with Gasteiger partial charge in [0.1, 0.15) is 0 Å². The van der Waals surface area contributed by atoms with Crippen LogP contribution in [0.3, 0.4) is 0 Å². The van der Waals surface area contributed by atoms with Crippen molar-refractivity contribution in [3.63, 3.8) is 0 Å². The van der Waals surface area contributed by atoms with Gasteiger partial charge in [0.2, 0.25) is 15.9 Å². The molecule has 2 unspecified atom stereocenters. The average molecular weight is 373 g/mol. The smallest absolute Gasteiger partial charge is 0.243 e. The summed E-state index contributed by atoms with van der Waals surface area (Å²) < 4.78 is 27.0. The molecule has 0 N–H and O–H groups in total. The van der Waals surface area contributed by atoms with Crippen molar-refractivity contribution in [2.24, 2.45) is 5.92 Å². The highest BCUT2D eigenvalue weighted by atomic mass is 35.5. The lowest BCUT2D eigenvalue weighted by Gasteiger charge is -2.34. The van der Waals surface area contributed by atoms with E-state index in [1.54, 1.807) is 24.1 Å². The second-order valence-electron chi connectivity index (χ2n) is 6.36. The molecule has 0 radical (unpaired) electrons. The molecule has 0 spiro atoms. The monoisotopic (exact) mass is 372 g/mol. The van der Waals surface area contributed by atoms with Crippen LogP contribution in [0, 0.1) is 5.92 Å². The number of amides is 1. The molecular formula is C17H25ClN2O3S. The van der Waals surface area contributed by atoms with Gasteiger partial charge in [0.05, 0.1) is 10.8 Å². The predicted octanol–water partition coefficient (Wildman–Crippen LogP) is 3.00. The van der Waals surface area contributed by atoms with Gasteiger partial charge in [-0.15, -0.1) is 0 Å². The first-order valence-corrected chi connectivity index (χ1v) is 10.1. The maximum absolute atomic E-state index is 12.8. The third-order valence-corrected chi connectivity index (χ3v) is 6.92. The van der Waals surface area contributed by atoms with E-state index in [2.05, 4.69) is 0 Å². The van der Waals surface area contributed by atoms with Crippen LogP contribution >= 0.6 is 11.6 Å². The quantitative estimate of drug-likeness (QED) is 0.798. The molecule has 7 heteroatoms. The molecule has 0 aliphatic carbocycles. The van der Waals surface area contributed by atoms with Crippen molar-refractivity contribution in [2.45, 2.75) is 44.0 Å². The number of hydrogen-bond donors (Lipinski definition) is 0. The molecule has 134 valence electrons. The van der Waals surface area contributed by atoms with Gasteiger partial charge in [0.25, 0.3) is 0 Å². The molecule has 0 aromatic heterocycles. The van der Waals surface area contributed by atoms with E-state index in [9.17, 15) is 13.2 Å². The lowest BCUT2D eigenvalue weighted by molar-refractivity contribution is -0.137. The van der Waals surface area contributed by atoms with E-state index < -0.39 is 10.0 Å². The second kappa shape index (κ2) is 7.85. The molecule has 5 nitrogen and oxygen atoms in total. The molecule has 1 aromatic rings. The topological polar surface area (TPSA) is 57.7 Å². The summed E-state index contributed by atoms with van der Waals surface area (Å²) in [6, 6.07) is 6.30. The summed E-state index contributed by atoms with van der Waals surface area (Å²) in [5, 5.41) is 0.496. The Bertz CT molecular complexity index is 676. The maximum Gasteiger partial charge on any atom is 0.243 e. The van der Waals surface area contributed by atoms with E-state index in [1.807, 2.05) is 13.8 Å². The van der Waals surface area contributed by atoms with Crippen LogP contribution in [0.1, 0.15) is 33.1 Å². The van der Waals surface area contributed by atoms with Gasteiger partial charge < -0.3 is 4.90 Å². The summed E-state index contributed by atoms with van der Waals surface area (Å²) in [6.07, 6.45) is 2.30. The first-order chi connectivity index (χ1) is 11.3. The Morgan fingerprint density at radius 2 is 2.00 bits per heavy atom. The van der Waals surface area contributed by atoms with Crippen LogP contribution in [0.25, 0.3) is 0 Å². The molecule has 1 aliphatic rings. The van der Waals surface area contributed by atoms with Crippen molar-refractivity contribution in [2.75, 3.05) is 20.1 Å². The molecule has 2 atom stereocenters. The van der Waals surface area contributed by atoms with Crippen LogP contribution in [0.2, 0.25) is 5.02 Å². The second-order valence-corrected chi connectivity index (χ2v) is 8.74. The third-order valence-electron chi connectivity index (χ3n) is 4.78. The molecule has 1 heterocycles. The number of nitrogens with zero attached hydrogens (tertiary/aromatic N) is 2. The normalized spacial score (nSPS) is 20.6. The van der Waals surface area contributed by atoms with Crippen molar-refractivity contribution in [3.8, 4) is 0 Å². The highest BCUT2D eigenvalue weighted by Gasteiger charge is 2.34. The predicted molar refractivity (Wildman–Crippen MR) is 95.5 cm³/mol. The van der Waals surface area contributed by atoms with Crippen molar-refractivity contribution >= 4 is 27.5 Å². The zero-order chi connectivity index (χ0) is 17.9. The lowest BCUT2D eigenvalue weighted by atomic mass is 9.97. The zero-order valence-electron chi connectivity index (χ0n) is 14.4. The number of hydrogen-bond acceptors (Lipinski definition) is 3. The van der Waals surface area contributed by atoms with Gasteiger partial charge in [-0.2, -0.15) is 4.31 Å². The van der Waals surface area contributed by atoms with Crippen molar-refractivity contribution in [1.82, 2.24) is 9.21 Å². The zero-order valence-corrected chi connectivity index (χ0v) is 16.0. The summed E-state index contributed by atoms with van der Waals surface area (Å²) in [5.41, 5.74) is 0. The Hall–Kier alpha value is -1.11. The molecule has 1 aromatic carbocycles. The van der Waals surface area contributed by atoms with Crippen LogP contribution in [-0.4, -0.2) is 49.7 Å². The largest absolute Gasteiger partial charge is 0.343 e. The standard InChI is InChI=1S/C17H25ClN2O3S/c1-4-13(2)19(3)17(21)14-6-5-11-20(12-14)24(22,23)16-9-7-15(18)8-10-16/h7-10,13-14H,4-6,11-12H2,1-3H3. The number of carbonyl (C=O) groups is 1. The lowest BCUT2D eigenvalue weighted by Crippen LogP contribution is -2.47. The summed E-state index contributed by atoms with van der Waals surface area (Å²) in [5.74, 6) is -0.250. The number of halogens is 1. The molecule has 24 heavy (non-hydrogen) atoms. The number of benzene rings is 1. The van der Waals surface area contributed by atoms with Gasteiger partial charge in [-0.05, 0) is 50.5 Å². The Labute approximate surface area is 149 Å². The van der Waals surface area contributed by atoms with E-state index in [1.165, 1.54) is 16.4 Å². The highest BCUT2D eigenvalue weighted by molar-refractivity contribution is 7.89. The van der Waals surface area contributed by atoms with E-state index in [4.69, 9.17) is 11.6 Å². The van der Waals surface area contributed by atoms with Crippen molar-refractivity contribution in [3.05, 3.63) is 29.3 Å². The van der Waals surface area contributed by atoms with Crippen LogP contribution in [0.5, 0.6) is 0 Å². The fraction of sp³-hybridized carbons (Fsp3) is 0.588. The van der Waals surface area contributed by atoms with Crippen molar-refractivity contribution < 1.29 is 13.2 Å². The Kier molecular flexibility index (Phi) is 6.28. The van der Waals surface area contributed by atoms with Gasteiger partial charge in [-0.3, -0.25) is 4.79 Å². The van der Waals surface area contributed by atoms with E-state index in [0.29, 0.717) is 18.0 Å². The van der Waals surface area contributed by atoms with Gasteiger partial charge in [-0.25, -0.2) is 8.42 Å². The highest BCUT2D eigenvalue weighted by Crippen LogP contribution is 2.26. The van der Waals surface area contributed by atoms with Gasteiger partial charge in [0, 0.05) is 31.2 Å². The molecule has 1 saturated heterocycles. The molecule has 1 aliphatic heterocycles. The van der Waals surface area contributed by atoms with Crippen LogP contribution in [0.4, 0.5) is 0 Å². The Morgan fingerprint density at radius 3 is 2.58 bits per heavy atom. The van der Waals surface area contributed by atoms with Crippen LogP contribution < -0.4 is 0 Å². The number of sulfonamides is 1. The Morgan fingerprint density at radius 1 is 1.38 bits per heavy atom. The molecule has 0 bridgehead atoms. The molecule has 2 rings (SSSR count). The molecule has 1 fully saturated rings. The summed E-state index contributed by atoms with van der Waals surface area (Å²) >= 11 is 5.83. The summed E-state index contributed by atoms with van der Waals surface area (Å²) in [7, 11) is -1.80. The van der Waals surface area contributed by atoms with Crippen LogP contribution in [-0.2, 0) is 14.8 Å². The van der Waals surface area contributed by atoms with Gasteiger partial charge >= 0.3 is 0 Å². The van der Waals surface area contributed by atoms with Crippen molar-refractivity contribution in [1.29, 1.82) is 0 Å². The first-order valence-electron chi connectivity index (χ1n) is 8.29. The molecular weight excluding hydrogens is 348 g/mol. The van der Waals surface area contributed by atoms with E-state index in [0.717, 1.165) is 12.8 Å². The van der Waals surface area contributed by atoms with E-state index in [-0.39, 0.29) is 29.3 Å². The Balaban J connectivity index is 2.15. The molecule has 0 saturated carbocycles. The minimum atomic E-state index is -3.59. The average Bonchev–Trinajstić information content (AvgIpc) is 2.60. The summed E-state index contributed by atoms with van der Waals surface area (Å²) in [4.78, 5) is 14.6. The number of rotatable bonds is 5. The molecule has 1 amide bonds. The number of carbonyl (C=O) groups excluding carboxylic acids is 1. The fourth-order valence-corrected chi connectivity index (χ4v) is 4.55.